The Kier molecular flexibility index (Phi) is 5.81. The van der Waals surface area contributed by atoms with Gasteiger partial charge in [-0.1, -0.05) is 35.9 Å². The van der Waals surface area contributed by atoms with Crippen molar-refractivity contribution in [1.82, 2.24) is 4.90 Å². The monoisotopic (exact) mass is 471 g/mol. The predicted molar refractivity (Wildman–Crippen MR) is 136 cm³/mol. The van der Waals surface area contributed by atoms with E-state index in [9.17, 15) is 0 Å². The van der Waals surface area contributed by atoms with E-state index in [0.717, 1.165) is 61.8 Å². The quantitative estimate of drug-likeness (QED) is 0.444. The molecular formula is C30H33NO4. The summed E-state index contributed by atoms with van der Waals surface area (Å²) in [6.45, 7) is 4.34. The zero-order valence-electron chi connectivity index (χ0n) is 20.8. The number of aryl methyl sites for hydroxylation is 2. The number of hydrogen-bond acceptors (Lipinski definition) is 5. The summed E-state index contributed by atoms with van der Waals surface area (Å²) >= 11 is 0. The fraction of sp³-hybridized carbons (Fsp3) is 0.400. The van der Waals surface area contributed by atoms with Crippen molar-refractivity contribution in [2.24, 2.45) is 0 Å². The molecule has 5 nitrogen and oxygen atoms in total. The van der Waals surface area contributed by atoms with Gasteiger partial charge in [0.1, 0.15) is 0 Å². The molecule has 0 N–H and O–H groups in total. The van der Waals surface area contributed by atoms with Crippen molar-refractivity contribution >= 4 is 0 Å². The van der Waals surface area contributed by atoms with Crippen LogP contribution in [0.3, 0.4) is 0 Å². The Balaban J connectivity index is 1.39. The lowest BCUT2D eigenvalue weighted by atomic mass is 9.74. The minimum Gasteiger partial charge on any atom is -0.493 e. The van der Waals surface area contributed by atoms with Crippen LogP contribution in [0.25, 0.3) is 0 Å². The van der Waals surface area contributed by atoms with Crippen LogP contribution in [0, 0.1) is 6.92 Å². The molecule has 3 aliphatic rings. The molecule has 2 atom stereocenters. The van der Waals surface area contributed by atoms with Gasteiger partial charge in [0.25, 0.3) is 0 Å². The van der Waals surface area contributed by atoms with Crippen molar-refractivity contribution in [3.05, 3.63) is 81.9 Å². The Labute approximate surface area is 207 Å². The minimum atomic E-state index is 0.312. The van der Waals surface area contributed by atoms with Crippen LogP contribution in [0.4, 0.5) is 0 Å². The van der Waals surface area contributed by atoms with Gasteiger partial charge in [-0.25, -0.2) is 0 Å². The van der Waals surface area contributed by atoms with Crippen molar-refractivity contribution in [2.45, 2.75) is 51.1 Å². The molecule has 0 saturated heterocycles. The lowest BCUT2D eigenvalue weighted by Gasteiger charge is -2.46. The summed E-state index contributed by atoms with van der Waals surface area (Å²) in [6.07, 6.45) is 4.33. The second-order valence-electron chi connectivity index (χ2n) is 9.92. The van der Waals surface area contributed by atoms with Gasteiger partial charge in [-0.05, 0) is 73.1 Å². The maximum absolute atomic E-state index is 5.89. The van der Waals surface area contributed by atoms with Crippen molar-refractivity contribution in [2.75, 3.05) is 27.6 Å². The van der Waals surface area contributed by atoms with Gasteiger partial charge in [0.2, 0.25) is 6.79 Å². The van der Waals surface area contributed by atoms with Crippen LogP contribution in [0.2, 0.25) is 0 Å². The Hall–Kier alpha value is -3.18. The molecule has 2 unspecified atom stereocenters. The SMILES string of the molecule is COc1ccc2c(c1OC)CN1CCc3cc4c(cc3C1C2CCCc1ccc(C)cc1)OCO4. The predicted octanol–water partition coefficient (Wildman–Crippen LogP) is 5.96. The molecule has 6 rings (SSSR count). The second kappa shape index (κ2) is 9.12. The minimum absolute atomic E-state index is 0.312. The van der Waals surface area contributed by atoms with Crippen LogP contribution in [-0.4, -0.2) is 32.5 Å². The highest BCUT2D eigenvalue weighted by Crippen LogP contribution is 2.53. The Bertz CT molecular complexity index is 1240. The Morgan fingerprint density at radius 3 is 2.51 bits per heavy atom. The van der Waals surface area contributed by atoms with Crippen LogP contribution in [0.15, 0.2) is 48.5 Å². The molecule has 0 amide bonds. The third-order valence-corrected chi connectivity index (χ3v) is 7.94. The summed E-state index contributed by atoms with van der Waals surface area (Å²) in [5.74, 6) is 3.81. The standard InChI is InChI=1S/C30H33NO4/c1-19-7-9-20(10-8-19)5-4-6-23-22-11-12-26(32-2)30(33-3)25(22)17-31-14-13-21-15-27-28(35-18-34-27)16-24(21)29(23)31/h7-12,15-16,23,29H,4-6,13-14,17-18H2,1-3H3. The van der Waals surface area contributed by atoms with Crippen LogP contribution in [0.1, 0.15) is 58.2 Å². The number of nitrogens with zero attached hydrogens (tertiary/aromatic N) is 1. The molecule has 35 heavy (non-hydrogen) atoms. The first kappa shape index (κ1) is 22.3. The highest BCUT2D eigenvalue weighted by Gasteiger charge is 2.41. The molecule has 0 fully saturated rings. The average molecular weight is 472 g/mol. The number of fused-ring (bicyclic) bond motifs is 5. The fourth-order valence-corrected chi connectivity index (χ4v) is 6.22. The number of methoxy groups -OCH3 is 2. The largest absolute Gasteiger partial charge is 0.493 e. The molecule has 0 aromatic heterocycles. The van der Waals surface area contributed by atoms with E-state index in [4.69, 9.17) is 18.9 Å². The number of benzene rings is 3. The maximum Gasteiger partial charge on any atom is 0.231 e. The van der Waals surface area contributed by atoms with Gasteiger partial charge >= 0.3 is 0 Å². The van der Waals surface area contributed by atoms with E-state index in [2.05, 4.69) is 60.4 Å². The summed E-state index contributed by atoms with van der Waals surface area (Å²) in [6, 6.07) is 18.1. The van der Waals surface area contributed by atoms with E-state index in [0.29, 0.717) is 18.8 Å². The first-order chi connectivity index (χ1) is 17.2. The van der Waals surface area contributed by atoms with Crippen molar-refractivity contribution in [3.63, 3.8) is 0 Å². The summed E-state index contributed by atoms with van der Waals surface area (Å²) in [4.78, 5) is 2.63. The number of rotatable bonds is 6. The molecule has 0 radical (unpaired) electrons. The van der Waals surface area contributed by atoms with E-state index in [1.54, 1.807) is 14.2 Å². The highest BCUT2D eigenvalue weighted by atomic mass is 16.7. The van der Waals surface area contributed by atoms with E-state index in [1.165, 1.54) is 33.4 Å². The second-order valence-corrected chi connectivity index (χ2v) is 9.92. The molecule has 3 aliphatic heterocycles. The van der Waals surface area contributed by atoms with Crippen LogP contribution < -0.4 is 18.9 Å². The van der Waals surface area contributed by atoms with E-state index >= 15 is 0 Å². The summed E-state index contributed by atoms with van der Waals surface area (Å²) in [5.41, 5.74) is 8.16. The molecule has 0 bridgehead atoms. The molecule has 0 saturated carbocycles. The van der Waals surface area contributed by atoms with Gasteiger partial charge in [-0.2, -0.15) is 0 Å². The molecule has 0 aliphatic carbocycles. The number of ether oxygens (including phenoxy) is 4. The van der Waals surface area contributed by atoms with Gasteiger partial charge in [0.15, 0.2) is 23.0 Å². The van der Waals surface area contributed by atoms with E-state index < -0.39 is 0 Å². The number of hydrogen-bond donors (Lipinski definition) is 0. The highest BCUT2D eigenvalue weighted by molar-refractivity contribution is 5.56. The summed E-state index contributed by atoms with van der Waals surface area (Å²) in [5, 5.41) is 0. The van der Waals surface area contributed by atoms with Crippen LogP contribution >= 0.6 is 0 Å². The normalized spacial score (nSPS) is 20.1. The molecular weight excluding hydrogens is 438 g/mol. The maximum atomic E-state index is 5.89. The average Bonchev–Trinajstić information content (AvgIpc) is 3.34. The van der Waals surface area contributed by atoms with Gasteiger partial charge in [0.05, 0.1) is 14.2 Å². The van der Waals surface area contributed by atoms with Gasteiger partial charge in [0, 0.05) is 30.6 Å². The Morgan fingerprint density at radius 2 is 1.74 bits per heavy atom. The zero-order valence-corrected chi connectivity index (χ0v) is 20.8. The lowest BCUT2D eigenvalue weighted by molar-refractivity contribution is 0.126. The lowest BCUT2D eigenvalue weighted by Crippen LogP contribution is -2.42. The fourth-order valence-electron chi connectivity index (χ4n) is 6.22. The zero-order chi connectivity index (χ0) is 23.9. The van der Waals surface area contributed by atoms with Gasteiger partial charge in [-0.15, -0.1) is 0 Å². The van der Waals surface area contributed by atoms with E-state index in [1.807, 2.05) is 0 Å². The first-order valence-electron chi connectivity index (χ1n) is 12.6. The van der Waals surface area contributed by atoms with E-state index in [-0.39, 0.29) is 0 Å². The summed E-state index contributed by atoms with van der Waals surface area (Å²) < 4.78 is 23.0. The smallest absolute Gasteiger partial charge is 0.231 e. The topological polar surface area (TPSA) is 40.2 Å². The molecule has 3 aromatic rings. The van der Waals surface area contributed by atoms with Crippen LogP contribution in [-0.2, 0) is 19.4 Å². The molecule has 0 spiro atoms. The van der Waals surface area contributed by atoms with Crippen molar-refractivity contribution in [1.29, 1.82) is 0 Å². The molecule has 5 heteroatoms. The van der Waals surface area contributed by atoms with Gasteiger partial charge < -0.3 is 18.9 Å². The molecule has 3 aromatic carbocycles. The molecule has 182 valence electrons. The van der Waals surface area contributed by atoms with Gasteiger partial charge in [-0.3, -0.25) is 4.90 Å². The summed E-state index contributed by atoms with van der Waals surface area (Å²) in [7, 11) is 3.47. The first-order valence-corrected chi connectivity index (χ1v) is 12.6. The van der Waals surface area contributed by atoms with Crippen LogP contribution in [0.5, 0.6) is 23.0 Å². The third-order valence-electron chi connectivity index (χ3n) is 7.94. The van der Waals surface area contributed by atoms with Crippen molar-refractivity contribution in [3.8, 4) is 23.0 Å². The van der Waals surface area contributed by atoms with Crippen molar-refractivity contribution < 1.29 is 18.9 Å². The Morgan fingerprint density at radius 1 is 0.943 bits per heavy atom. The third kappa shape index (κ3) is 3.92. The molecule has 3 heterocycles.